The zero-order chi connectivity index (χ0) is 15.2. The third-order valence-corrected chi connectivity index (χ3v) is 4.02. The predicted molar refractivity (Wildman–Crippen MR) is 86.5 cm³/mol. The van der Waals surface area contributed by atoms with Gasteiger partial charge in [0.15, 0.2) is 0 Å². The first-order valence-corrected chi connectivity index (χ1v) is 7.61. The van der Waals surface area contributed by atoms with Gasteiger partial charge < -0.3 is 15.1 Å². The van der Waals surface area contributed by atoms with E-state index in [1.165, 1.54) is 0 Å². The Balaban J connectivity index is 2.57. The first-order valence-electron chi connectivity index (χ1n) is 7.61. The summed E-state index contributed by atoms with van der Waals surface area (Å²) in [7, 11) is 0. The summed E-state index contributed by atoms with van der Waals surface area (Å²) < 4.78 is 0. The monoisotopic (exact) mass is 288 g/mol. The number of hydrogen-bond donors (Lipinski definition) is 2. The summed E-state index contributed by atoms with van der Waals surface area (Å²) in [6, 6.07) is 8.35. The topological polar surface area (TPSA) is 56.6 Å². The lowest BCUT2D eigenvalue weighted by atomic mass is 10.0. The molecule has 0 aliphatic carbocycles. The number of pyridine rings is 1. The Hall–Kier alpha value is -1.65. The smallest absolute Gasteiger partial charge is 0.136 e. The summed E-state index contributed by atoms with van der Waals surface area (Å²) in [5, 5.41) is 20.9. The van der Waals surface area contributed by atoms with Crippen molar-refractivity contribution in [3.8, 4) is 0 Å². The number of aliphatic hydroxyl groups excluding tert-OH is 2. The molecule has 0 radical (unpaired) electrons. The molecule has 0 fully saturated rings. The fraction of sp³-hybridized carbons (Fsp3) is 0.471. The molecule has 1 heterocycles. The number of rotatable bonds is 7. The third-order valence-electron chi connectivity index (χ3n) is 4.02. The standard InChI is InChI=1S/C17H24N2O2/c1-3-14(4-2)19(9-10-20)17-16-8-6-5-7-15(16)13(12-21)11-18-17/h5-8,11,14,20-21H,3-4,9-10,12H2,1-2H3. The molecule has 0 unspecified atom stereocenters. The van der Waals surface area contributed by atoms with Crippen molar-refractivity contribution in [2.75, 3.05) is 18.1 Å². The van der Waals surface area contributed by atoms with Gasteiger partial charge in [0.05, 0.1) is 13.2 Å². The van der Waals surface area contributed by atoms with Crippen LogP contribution in [-0.4, -0.2) is 34.4 Å². The number of nitrogens with zero attached hydrogens (tertiary/aromatic N) is 2. The lowest BCUT2D eigenvalue weighted by Crippen LogP contribution is -2.37. The second-order valence-electron chi connectivity index (χ2n) is 5.20. The number of hydrogen-bond acceptors (Lipinski definition) is 4. The SMILES string of the molecule is CCC(CC)N(CCO)c1ncc(CO)c2ccccc12. The van der Waals surface area contributed by atoms with E-state index >= 15 is 0 Å². The van der Waals surface area contributed by atoms with E-state index < -0.39 is 0 Å². The van der Waals surface area contributed by atoms with Gasteiger partial charge in [-0.05, 0) is 18.2 Å². The minimum Gasteiger partial charge on any atom is -0.395 e. The molecule has 1 aromatic heterocycles. The first-order chi connectivity index (χ1) is 10.3. The Bertz CT molecular complexity index is 582. The fourth-order valence-electron chi connectivity index (χ4n) is 2.89. The zero-order valence-electron chi connectivity index (χ0n) is 12.8. The van der Waals surface area contributed by atoms with Crippen LogP contribution in [0.2, 0.25) is 0 Å². The molecule has 0 aliphatic heterocycles. The first kappa shape index (κ1) is 15.7. The van der Waals surface area contributed by atoms with Gasteiger partial charge in [-0.1, -0.05) is 38.1 Å². The summed E-state index contributed by atoms with van der Waals surface area (Å²) in [5.74, 6) is 0.894. The Labute approximate surface area is 126 Å². The van der Waals surface area contributed by atoms with E-state index in [1.54, 1.807) is 6.20 Å². The molecule has 21 heavy (non-hydrogen) atoms. The average Bonchev–Trinajstić information content (AvgIpc) is 2.54. The van der Waals surface area contributed by atoms with Crippen LogP contribution in [0, 0.1) is 0 Å². The summed E-state index contributed by atoms with van der Waals surface area (Å²) >= 11 is 0. The van der Waals surface area contributed by atoms with Gasteiger partial charge in [0.1, 0.15) is 5.82 Å². The molecule has 0 spiro atoms. The molecule has 0 atom stereocenters. The molecule has 2 N–H and O–H groups in total. The van der Waals surface area contributed by atoms with E-state index in [4.69, 9.17) is 0 Å². The Morgan fingerprint density at radius 3 is 2.33 bits per heavy atom. The number of aromatic nitrogens is 1. The molecule has 4 heteroatoms. The summed E-state index contributed by atoms with van der Waals surface area (Å²) in [5.41, 5.74) is 0.836. The van der Waals surface area contributed by atoms with Crippen LogP contribution in [0.1, 0.15) is 32.3 Å². The van der Waals surface area contributed by atoms with Crippen molar-refractivity contribution in [1.82, 2.24) is 4.98 Å². The van der Waals surface area contributed by atoms with Crippen molar-refractivity contribution < 1.29 is 10.2 Å². The average molecular weight is 288 g/mol. The van der Waals surface area contributed by atoms with Gasteiger partial charge in [0.25, 0.3) is 0 Å². The maximum atomic E-state index is 9.48. The van der Waals surface area contributed by atoms with Crippen molar-refractivity contribution in [2.24, 2.45) is 0 Å². The highest BCUT2D eigenvalue weighted by atomic mass is 16.3. The molecule has 114 valence electrons. The maximum absolute atomic E-state index is 9.48. The molecular weight excluding hydrogens is 264 g/mol. The molecule has 0 amide bonds. The van der Waals surface area contributed by atoms with E-state index in [-0.39, 0.29) is 13.2 Å². The molecule has 0 saturated carbocycles. The molecular formula is C17H24N2O2. The van der Waals surface area contributed by atoms with Gasteiger partial charge in [-0.25, -0.2) is 4.98 Å². The van der Waals surface area contributed by atoms with Gasteiger partial charge in [0.2, 0.25) is 0 Å². The lowest BCUT2D eigenvalue weighted by Gasteiger charge is -2.32. The molecule has 0 bridgehead atoms. The second kappa shape index (κ2) is 7.38. The number of benzene rings is 1. The largest absolute Gasteiger partial charge is 0.395 e. The van der Waals surface area contributed by atoms with E-state index in [9.17, 15) is 10.2 Å². The Morgan fingerprint density at radius 1 is 1.10 bits per heavy atom. The van der Waals surface area contributed by atoms with E-state index in [2.05, 4.69) is 23.7 Å². The van der Waals surface area contributed by atoms with E-state index in [1.807, 2.05) is 24.3 Å². The second-order valence-corrected chi connectivity index (χ2v) is 5.20. The van der Waals surface area contributed by atoms with Crippen molar-refractivity contribution in [2.45, 2.75) is 39.3 Å². The number of anilines is 1. The highest BCUT2D eigenvalue weighted by Gasteiger charge is 2.19. The molecule has 2 rings (SSSR count). The van der Waals surface area contributed by atoms with Crippen molar-refractivity contribution in [1.29, 1.82) is 0 Å². The minimum atomic E-state index is -0.0151. The molecule has 0 aliphatic rings. The molecule has 2 aromatic rings. The van der Waals surface area contributed by atoms with Crippen LogP contribution in [0.15, 0.2) is 30.5 Å². The highest BCUT2D eigenvalue weighted by molar-refractivity contribution is 5.94. The normalized spacial score (nSPS) is 11.3. The zero-order valence-corrected chi connectivity index (χ0v) is 12.8. The van der Waals surface area contributed by atoms with Crippen LogP contribution >= 0.6 is 0 Å². The van der Waals surface area contributed by atoms with Gasteiger partial charge >= 0.3 is 0 Å². The quantitative estimate of drug-likeness (QED) is 0.822. The highest BCUT2D eigenvalue weighted by Crippen LogP contribution is 2.29. The molecule has 4 nitrogen and oxygen atoms in total. The summed E-state index contributed by atoms with van der Waals surface area (Å²) in [4.78, 5) is 6.75. The summed E-state index contributed by atoms with van der Waals surface area (Å²) in [6.45, 7) is 4.97. The summed E-state index contributed by atoms with van der Waals surface area (Å²) in [6.07, 6.45) is 3.76. The van der Waals surface area contributed by atoms with E-state index in [0.717, 1.165) is 35.0 Å². The van der Waals surface area contributed by atoms with Crippen LogP contribution in [-0.2, 0) is 6.61 Å². The van der Waals surface area contributed by atoms with Gasteiger partial charge in [0, 0.05) is 29.7 Å². The number of fused-ring (bicyclic) bond motifs is 1. The molecule has 0 saturated heterocycles. The minimum absolute atomic E-state index is 0.0151. The fourth-order valence-corrected chi connectivity index (χ4v) is 2.89. The van der Waals surface area contributed by atoms with Gasteiger partial charge in [-0.15, -0.1) is 0 Å². The Kier molecular flexibility index (Phi) is 5.53. The van der Waals surface area contributed by atoms with Crippen LogP contribution in [0.3, 0.4) is 0 Å². The van der Waals surface area contributed by atoms with Gasteiger partial charge in [-0.2, -0.15) is 0 Å². The van der Waals surface area contributed by atoms with Crippen LogP contribution in [0.4, 0.5) is 5.82 Å². The van der Waals surface area contributed by atoms with Gasteiger partial charge in [-0.3, -0.25) is 0 Å². The van der Waals surface area contributed by atoms with Crippen LogP contribution < -0.4 is 4.90 Å². The maximum Gasteiger partial charge on any atom is 0.136 e. The molecule has 1 aromatic carbocycles. The third kappa shape index (κ3) is 3.17. The van der Waals surface area contributed by atoms with E-state index in [0.29, 0.717) is 12.6 Å². The predicted octanol–water partition coefficient (Wildman–Crippen LogP) is 2.71. The van der Waals surface area contributed by atoms with Crippen LogP contribution in [0.5, 0.6) is 0 Å². The lowest BCUT2D eigenvalue weighted by molar-refractivity contribution is 0.283. The number of aliphatic hydroxyl groups is 2. The van der Waals surface area contributed by atoms with Crippen molar-refractivity contribution in [3.63, 3.8) is 0 Å². The van der Waals surface area contributed by atoms with Crippen LogP contribution in [0.25, 0.3) is 10.8 Å². The Morgan fingerprint density at radius 2 is 1.76 bits per heavy atom. The van der Waals surface area contributed by atoms with Crippen molar-refractivity contribution >= 4 is 16.6 Å². The van der Waals surface area contributed by atoms with Crippen molar-refractivity contribution in [3.05, 3.63) is 36.0 Å².